The number of likely N-dealkylation sites (tertiary alicyclic amines) is 1. The Hall–Kier alpha value is -3.18. The van der Waals surface area contributed by atoms with E-state index in [4.69, 9.17) is 4.74 Å². The third kappa shape index (κ3) is 9.40. The minimum Gasteiger partial charge on any atom is -0.480 e. The van der Waals surface area contributed by atoms with Crippen molar-refractivity contribution in [2.45, 2.75) is 50.3 Å². The summed E-state index contributed by atoms with van der Waals surface area (Å²) in [5.74, 6) is -2.16. The van der Waals surface area contributed by atoms with E-state index in [0.717, 1.165) is 41.5 Å². The highest BCUT2D eigenvalue weighted by Gasteiger charge is 2.32. The summed E-state index contributed by atoms with van der Waals surface area (Å²) in [4.78, 5) is 27.8. The molecule has 0 radical (unpaired) electrons. The fraction of sp³-hybridized carbons (Fsp3) is 0.394. The van der Waals surface area contributed by atoms with Crippen LogP contribution in [0.15, 0.2) is 72.8 Å². The van der Waals surface area contributed by atoms with Crippen LogP contribution in [0, 0.1) is 6.92 Å². The Balaban J connectivity index is 1.56. The van der Waals surface area contributed by atoms with Crippen LogP contribution < -0.4 is 5.32 Å². The lowest BCUT2D eigenvalue weighted by Gasteiger charge is -2.25. The smallest absolute Gasteiger partial charge is 0.326 e. The van der Waals surface area contributed by atoms with Crippen molar-refractivity contribution in [2.24, 2.45) is 0 Å². The molecule has 1 amide bonds. The van der Waals surface area contributed by atoms with Crippen molar-refractivity contribution in [3.8, 4) is 11.1 Å². The molecule has 0 saturated carbocycles. The van der Waals surface area contributed by atoms with Crippen LogP contribution in [-0.2, 0) is 32.5 Å². The van der Waals surface area contributed by atoms with E-state index in [2.05, 4.69) is 28.6 Å². The molecule has 3 atom stereocenters. The molecule has 1 fully saturated rings. The quantitative estimate of drug-likeness (QED) is 0.263. The molecule has 0 aliphatic carbocycles. The molecule has 1 saturated heterocycles. The van der Waals surface area contributed by atoms with Crippen LogP contribution in [0.25, 0.3) is 11.1 Å². The molecule has 0 unspecified atom stereocenters. The van der Waals surface area contributed by atoms with Crippen molar-refractivity contribution in [1.29, 1.82) is 0 Å². The van der Waals surface area contributed by atoms with Gasteiger partial charge in [0.1, 0.15) is 15.9 Å². The lowest BCUT2D eigenvalue weighted by molar-refractivity contribution is -0.139. The number of carbonyl (C=O) groups excluding carboxylic acids is 1. The van der Waals surface area contributed by atoms with E-state index < -0.39 is 27.8 Å². The number of carboxylic acid groups (broad SMARTS) is 1. The number of amides is 1. The predicted octanol–water partition coefficient (Wildman–Crippen LogP) is 4.80. The summed E-state index contributed by atoms with van der Waals surface area (Å²) in [7, 11) is -3.39. The van der Waals surface area contributed by atoms with Crippen molar-refractivity contribution in [3.63, 3.8) is 0 Å². The number of carboxylic acids is 1. The molecular formula is C33H40N2O6S2. The second kappa shape index (κ2) is 15.0. The van der Waals surface area contributed by atoms with E-state index in [9.17, 15) is 23.1 Å². The van der Waals surface area contributed by atoms with Crippen molar-refractivity contribution < 1.29 is 27.9 Å². The molecule has 1 aliphatic rings. The first kappa shape index (κ1) is 32.7. The van der Waals surface area contributed by atoms with Gasteiger partial charge >= 0.3 is 5.97 Å². The van der Waals surface area contributed by atoms with E-state index in [1.165, 1.54) is 0 Å². The first-order valence-electron chi connectivity index (χ1n) is 14.3. The number of ether oxygens (including phenoxy) is 1. The molecule has 3 aromatic rings. The fourth-order valence-electron chi connectivity index (χ4n) is 5.41. The highest BCUT2D eigenvalue weighted by Crippen LogP contribution is 2.32. The summed E-state index contributed by atoms with van der Waals surface area (Å²) in [6.07, 6.45) is 4.01. The number of hydrogen-bond acceptors (Lipinski definition) is 7. The van der Waals surface area contributed by atoms with Crippen LogP contribution in [0.1, 0.15) is 39.9 Å². The number of thioether (sulfide) groups is 1. The first-order chi connectivity index (χ1) is 20.5. The zero-order valence-corrected chi connectivity index (χ0v) is 26.5. The minimum atomic E-state index is -3.39. The molecule has 0 aromatic heterocycles. The summed E-state index contributed by atoms with van der Waals surface area (Å²) in [6.45, 7) is 4.78. The third-order valence-corrected chi connectivity index (χ3v) is 9.76. The zero-order chi connectivity index (χ0) is 31.0. The Bertz CT molecular complexity index is 1510. The van der Waals surface area contributed by atoms with E-state index in [1.54, 1.807) is 6.07 Å². The number of rotatable bonds is 14. The van der Waals surface area contributed by atoms with Gasteiger partial charge in [-0.3, -0.25) is 9.69 Å². The van der Waals surface area contributed by atoms with Gasteiger partial charge in [0.2, 0.25) is 0 Å². The van der Waals surface area contributed by atoms with Gasteiger partial charge in [0.25, 0.3) is 5.91 Å². The maximum absolute atomic E-state index is 13.5. The Morgan fingerprint density at radius 2 is 1.77 bits per heavy atom. The molecule has 3 aromatic carbocycles. The SMILES string of the molecule is CS[C@H]1C[C@H](COCc2ccccc2)N(Cc2ccc(C(=O)N[C@@H](CCS(C)(=O)=O)C(=O)O)c(-c3ccccc3C)c2)C1. The molecule has 10 heteroatoms. The Morgan fingerprint density at radius 3 is 2.44 bits per heavy atom. The number of nitrogens with zero attached hydrogens (tertiary/aromatic N) is 1. The summed E-state index contributed by atoms with van der Waals surface area (Å²) in [6, 6.07) is 22.5. The average molecular weight is 625 g/mol. The van der Waals surface area contributed by atoms with Gasteiger partial charge in [0.05, 0.1) is 19.0 Å². The van der Waals surface area contributed by atoms with E-state index >= 15 is 0 Å². The van der Waals surface area contributed by atoms with Gasteiger partial charge in [-0.25, -0.2) is 13.2 Å². The van der Waals surface area contributed by atoms with Gasteiger partial charge < -0.3 is 15.2 Å². The number of nitrogens with one attached hydrogen (secondary N) is 1. The second-order valence-corrected chi connectivity index (χ2v) is 14.6. The number of carbonyl (C=O) groups is 2. The number of benzene rings is 3. The normalized spacial score (nSPS) is 17.9. The van der Waals surface area contributed by atoms with E-state index in [0.29, 0.717) is 36.1 Å². The summed E-state index contributed by atoms with van der Waals surface area (Å²) in [5.41, 5.74) is 5.09. The maximum atomic E-state index is 13.5. The predicted molar refractivity (Wildman–Crippen MR) is 172 cm³/mol. The van der Waals surface area contributed by atoms with Crippen LogP contribution in [0.5, 0.6) is 0 Å². The molecular weight excluding hydrogens is 585 g/mol. The molecule has 0 bridgehead atoms. The van der Waals surface area contributed by atoms with Gasteiger partial charge in [-0.05, 0) is 66.0 Å². The van der Waals surface area contributed by atoms with Crippen LogP contribution in [0.4, 0.5) is 0 Å². The van der Waals surface area contributed by atoms with Gasteiger partial charge in [0.15, 0.2) is 0 Å². The Kier molecular flexibility index (Phi) is 11.4. The lowest BCUT2D eigenvalue weighted by atomic mass is 9.93. The molecule has 230 valence electrons. The molecule has 1 heterocycles. The van der Waals surface area contributed by atoms with Crippen LogP contribution >= 0.6 is 11.8 Å². The van der Waals surface area contributed by atoms with Crippen molar-refractivity contribution >= 4 is 33.5 Å². The monoisotopic (exact) mass is 624 g/mol. The first-order valence-corrected chi connectivity index (χ1v) is 17.7. The highest BCUT2D eigenvalue weighted by atomic mass is 32.2. The fourth-order valence-corrected chi connectivity index (χ4v) is 6.83. The third-order valence-electron chi connectivity index (χ3n) is 7.77. The number of sulfone groups is 1. The minimum absolute atomic E-state index is 0.211. The van der Waals surface area contributed by atoms with Crippen LogP contribution in [-0.4, -0.2) is 79.1 Å². The molecule has 8 nitrogen and oxygen atoms in total. The van der Waals surface area contributed by atoms with Gasteiger partial charge in [-0.1, -0.05) is 60.7 Å². The summed E-state index contributed by atoms with van der Waals surface area (Å²) >= 11 is 1.87. The summed E-state index contributed by atoms with van der Waals surface area (Å²) in [5, 5.41) is 12.7. The van der Waals surface area contributed by atoms with Crippen LogP contribution in [0.2, 0.25) is 0 Å². The molecule has 1 aliphatic heterocycles. The Morgan fingerprint density at radius 1 is 1.05 bits per heavy atom. The Labute approximate surface area is 258 Å². The highest BCUT2D eigenvalue weighted by molar-refractivity contribution is 7.99. The maximum Gasteiger partial charge on any atom is 0.326 e. The van der Waals surface area contributed by atoms with Gasteiger partial charge in [-0.2, -0.15) is 11.8 Å². The number of aliphatic carboxylic acids is 1. The molecule has 43 heavy (non-hydrogen) atoms. The van der Waals surface area contributed by atoms with Crippen molar-refractivity contribution in [3.05, 3.63) is 95.1 Å². The standard InChI is InChI=1S/C33H40N2O6S2/c1-23-9-7-8-12-28(23)30-17-25(13-14-29(30)32(36)34-31(33(37)38)15-16-43(3,39)40)19-35-20-27(42-2)18-26(35)22-41-21-24-10-5-4-6-11-24/h4-14,17,26-27,31H,15-16,18-22H2,1-3H3,(H,34,36)(H,37,38)/t26-,27+,31+/m1/s1. The topological polar surface area (TPSA) is 113 Å². The molecule has 4 rings (SSSR count). The molecule has 0 spiro atoms. The van der Waals surface area contributed by atoms with Crippen LogP contribution in [0.3, 0.4) is 0 Å². The largest absolute Gasteiger partial charge is 0.480 e. The van der Waals surface area contributed by atoms with Crippen molar-refractivity contribution in [2.75, 3.05) is 31.4 Å². The van der Waals surface area contributed by atoms with Gasteiger partial charge in [0, 0.05) is 36.2 Å². The lowest BCUT2D eigenvalue weighted by Crippen LogP contribution is -2.42. The second-order valence-electron chi connectivity index (χ2n) is 11.2. The van der Waals surface area contributed by atoms with Gasteiger partial charge in [-0.15, -0.1) is 0 Å². The molecule has 2 N–H and O–H groups in total. The zero-order valence-electron chi connectivity index (χ0n) is 24.9. The van der Waals surface area contributed by atoms with E-state index in [-0.39, 0.29) is 18.2 Å². The van der Waals surface area contributed by atoms with E-state index in [1.807, 2.05) is 73.3 Å². The summed E-state index contributed by atoms with van der Waals surface area (Å²) < 4.78 is 29.4. The number of aryl methyl sites for hydroxylation is 1. The van der Waals surface area contributed by atoms with Crippen molar-refractivity contribution in [1.82, 2.24) is 10.2 Å². The number of hydrogen-bond donors (Lipinski definition) is 2. The average Bonchev–Trinajstić information content (AvgIpc) is 3.36.